The Hall–Kier alpha value is -0.930. The first-order valence-electron chi connectivity index (χ1n) is 7.66. The van der Waals surface area contributed by atoms with Gasteiger partial charge in [-0.15, -0.1) is 0 Å². The second-order valence-corrected chi connectivity index (χ2v) is 5.55. The highest BCUT2D eigenvalue weighted by molar-refractivity contribution is 5.25. The van der Waals surface area contributed by atoms with Crippen molar-refractivity contribution in [2.24, 2.45) is 0 Å². The van der Waals surface area contributed by atoms with Gasteiger partial charge in [0, 0.05) is 18.8 Å². The lowest BCUT2D eigenvalue weighted by Gasteiger charge is -2.30. The molecule has 2 unspecified atom stereocenters. The number of likely N-dealkylation sites (N-methyl/N-ethyl adjacent to an activating group) is 1. The van der Waals surface area contributed by atoms with Gasteiger partial charge >= 0.3 is 0 Å². The van der Waals surface area contributed by atoms with Gasteiger partial charge in [0.25, 0.3) is 0 Å². The Labute approximate surface area is 117 Å². The van der Waals surface area contributed by atoms with E-state index in [2.05, 4.69) is 48.1 Å². The summed E-state index contributed by atoms with van der Waals surface area (Å²) in [4.78, 5) is 7.07. The smallest absolute Gasteiger partial charge is 0.0605 e. The highest BCUT2D eigenvalue weighted by atomic mass is 15.1. The molecule has 0 radical (unpaired) electrons. The maximum atomic E-state index is 4.60. The van der Waals surface area contributed by atoms with Crippen LogP contribution in [0.3, 0.4) is 0 Å². The molecule has 19 heavy (non-hydrogen) atoms. The molecule has 0 spiro atoms. The lowest BCUT2D eigenvalue weighted by atomic mass is 9.91. The molecule has 0 saturated carbocycles. The molecule has 1 aliphatic carbocycles. The molecule has 2 rings (SSSR count). The molecular weight excluding hydrogens is 234 g/mol. The van der Waals surface area contributed by atoms with Gasteiger partial charge < -0.3 is 10.2 Å². The highest BCUT2D eigenvalue weighted by Crippen LogP contribution is 2.27. The summed E-state index contributed by atoms with van der Waals surface area (Å²) < 4.78 is 0. The first-order chi connectivity index (χ1) is 9.24. The van der Waals surface area contributed by atoms with Crippen LogP contribution in [-0.2, 0) is 6.42 Å². The van der Waals surface area contributed by atoms with E-state index >= 15 is 0 Å². The molecule has 0 aliphatic heterocycles. The summed E-state index contributed by atoms with van der Waals surface area (Å²) in [5.74, 6) is 0. The number of rotatable bonds is 6. The second kappa shape index (κ2) is 7.01. The van der Waals surface area contributed by atoms with Crippen molar-refractivity contribution in [3.05, 3.63) is 29.6 Å². The number of hydrogen-bond donors (Lipinski definition) is 1. The number of hydrogen-bond acceptors (Lipinski definition) is 3. The summed E-state index contributed by atoms with van der Waals surface area (Å²) in [6.07, 6.45) is 5.60. The van der Waals surface area contributed by atoms with E-state index in [1.54, 1.807) is 0 Å². The van der Waals surface area contributed by atoms with Gasteiger partial charge in [-0.3, -0.25) is 4.98 Å². The number of aromatic nitrogens is 1. The number of nitrogens with zero attached hydrogens (tertiary/aromatic N) is 2. The second-order valence-electron chi connectivity index (χ2n) is 5.55. The van der Waals surface area contributed by atoms with E-state index in [1.807, 2.05) is 6.20 Å². The molecule has 0 fully saturated rings. The van der Waals surface area contributed by atoms with Crippen molar-refractivity contribution in [1.82, 2.24) is 15.2 Å². The van der Waals surface area contributed by atoms with Crippen LogP contribution in [0.15, 0.2) is 18.3 Å². The van der Waals surface area contributed by atoms with E-state index in [4.69, 9.17) is 0 Å². The predicted molar refractivity (Wildman–Crippen MR) is 80.3 cm³/mol. The number of fused-ring (bicyclic) bond motifs is 1. The normalized spacial score (nSPS) is 20.3. The Morgan fingerprint density at radius 3 is 2.95 bits per heavy atom. The molecule has 0 saturated heterocycles. The SMILES string of the molecule is CCN(CC)CC(C)NC1CCCc2cccnc21. The fourth-order valence-electron chi connectivity index (χ4n) is 3.04. The molecule has 1 aromatic rings. The summed E-state index contributed by atoms with van der Waals surface area (Å²) in [6.45, 7) is 10.1. The van der Waals surface area contributed by atoms with E-state index in [0.29, 0.717) is 12.1 Å². The number of pyridine rings is 1. The van der Waals surface area contributed by atoms with Gasteiger partial charge in [0.1, 0.15) is 0 Å². The topological polar surface area (TPSA) is 28.2 Å². The van der Waals surface area contributed by atoms with Gasteiger partial charge in [0.05, 0.1) is 11.7 Å². The summed E-state index contributed by atoms with van der Waals surface area (Å²) in [5.41, 5.74) is 2.71. The van der Waals surface area contributed by atoms with Gasteiger partial charge in [0.2, 0.25) is 0 Å². The lowest BCUT2D eigenvalue weighted by Crippen LogP contribution is -2.41. The van der Waals surface area contributed by atoms with Gasteiger partial charge in [-0.25, -0.2) is 0 Å². The molecule has 1 aromatic heterocycles. The fraction of sp³-hybridized carbons (Fsp3) is 0.688. The molecule has 0 aromatic carbocycles. The maximum absolute atomic E-state index is 4.60. The molecule has 106 valence electrons. The van der Waals surface area contributed by atoms with E-state index in [-0.39, 0.29) is 0 Å². The monoisotopic (exact) mass is 261 g/mol. The van der Waals surface area contributed by atoms with Crippen LogP contribution in [0.1, 0.15) is 50.9 Å². The van der Waals surface area contributed by atoms with Crippen molar-refractivity contribution in [1.29, 1.82) is 0 Å². The van der Waals surface area contributed by atoms with Gasteiger partial charge in [0.15, 0.2) is 0 Å². The zero-order chi connectivity index (χ0) is 13.7. The quantitative estimate of drug-likeness (QED) is 0.853. The van der Waals surface area contributed by atoms with Crippen LogP contribution in [-0.4, -0.2) is 35.6 Å². The van der Waals surface area contributed by atoms with E-state index in [0.717, 1.165) is 19.6 Å². The van der Waals surface area contributed by atoms with Crippen LogP contribution in [0.4, 0.5) is 0 Å². The minimum absolute atomic E-state index is 0.440. The van der Waals surface area contributed by atoms with Crippen molar-refractivity contribution in [3.63, 3.8) is 0 Å². The van der Waals surface area contributed by atoms with Crippen LogP contribution < -0.4 is 5.32 Å². The summed E-state index contributed by atoms with van der Waals surface area (Å²) in [7, 11) is 0. The first-order valence-corrected chi connectivity index (χ1v) is 7.66. The summed E-state index contributed by atoms with van der Waals surface area (Å²) in [5, 5.41) is 3.77. The largest absolute Gasteiger partial charge is 0.305 e. The van der Waals surface area contributed by atoms with Gasteiger partial charge in [-0.1, -0.05) is 19.9 Å². The molecule has 1 aliphatic rings. The number of nitrogens with one attached hydrogen (secondary N) is 1. The summed E-state index contributed by atoms with van der Waals surface area (Å²) >= 11 is 0. The summed E-state index contributed by atoms with van der Waals surface area (Å²) in [6, 6.07) is 5.24. The van der Waals surface area contributed by atoms with E-state index in [9.17, 15) is 0 Å². The van der Waals surface area contributed by atoms with Crippen molar-refractivity contribution in [2.45, 2.75) is 52.1 Å². The predicted octanol–water partition coefficient (Wildman–Crippen LogP) is 2.78. The van der Waals surface area contributed by atoms with Crippen LogP contribution >= 0.6 is 0 Å². The van der Waals surface area contributed by atoms with Crippen molar-refractivity contribution < 1.29 is 0 Å². The minimum Gasteiger partial charge on any atom is -0.305 e. The molecule has 1 heterocycles. The Kier molecular flexibility index (Phi) is 5.34. The standard InChI is InChI=1S/C16H27N3/c1-4-19(5-2)12-13(3)18-15-10-6-8-14-9-7-11-17-16(14)15/h7,9,11,13,15,18H,4-6,8,10,12H2,1-3H3. The van der Waals surface area contributed by atoms with Crippen LogP contribution in [0.2, 0.25) is 0 Å². The van der Waals surface area contributed by atoms with Crippen LogP contribution in [0.25, 0.3) is 0 Å². The van der Waals surface area contributed by atoms with Crippen molar-refractivity contribution in [2.75, 3.05) is 19.6 Å². The number of aryl methyl sites for hydroxylation is 1. The highest BCUT2D eigenvalue weighted by Gasteiger charge is 2.22. The average molecular weight is 261 g/mol. The maximum Gasteiger partial charge on any atom is 0.0605 e. The third kappa shape index (κ3) is 3.77. The molecule has 3 nitrogen and oxygen atoms in total. The van der Waals surface area contributed by atoms with Crippen LogP contribution in [0.5, 0.6) is 0 Å². The van der Waals surface area contributed by atoms with Crippen molar-refractivity contribution >= 4 is 0 Å². The van der Waals surface area contributed by atoms with Gasteiger partial charge in [-0.2, -0.15) is 0 Å². The van der Waals surface area contributed by atoms with Crippen molar-refractivity contribution in [3.8, 4) is 0 Å². The zero-order valence-electron chi connectivity index (χ0n) is 12.5. The van der Waals surface area contributed by atoms with Crippen LogP contribution in [0, 0.1) is 0 Å². The Morgan fingerprint density at radius 1 is 1.42 bits per heavy atom. The molecular formula is C16H27N3. The Morgan fingerprint density at radius 2 is 2.21 bits per heavy atom. The molecule has 0 bridgehead atoms. The first kappa shape index (κ1) is 14.5. The van der Waals surface area contributed by atoms with E-state index < -0.39 is 0 Å². The Bertz CT molecular complexity index is 387. The Balaban J connectivity index is 1.96. The fourth-order valence-corrected chi connectivity index (χ4v) is 3.04. The third-order valence-electron chi connectivity index (χ3n) is 4.11. The van der Waals surface area contributed by atoms with Gasteiger partial charge in [-0.05, 0) is 50.9 Å². The minimum atomic E-state index is 0.440. The average Bonchev–Trinajstić information content (AvgIpc) is 2.45. The lowest BCUT2D eigenvalue weighted by molar-refractivity contribution is 0.256. The van der Waals surface area contributed by atoms with E-state index in [1.165, 1.54) is 30.5 Å². The molecule has 0 amide bonds. The molecule has 2 atom stereocenters. The molecule has 3 heteroatoms. The molecule has 1 N–H and O–H groups in total. The zero-order valence-corrected chi connectivity index (χ0v) is 12.5. The third-order valence-corrected chi connectivity index (χ3v) is 4.11.